The molecule has 0 fully saturated rings. The average Bonchev–Trinajstić information content (AvgIpc) is 2.92. The first-order valence-corrected chi connectivity index (χ1v) is 16.0. The Morgan fingerprint density at radius 1 is 0.512 bits per heavy atom. The molecule has 0 aromatic carbocycles. The predicted octanol–water partition coefficient (Wildman–Crippen LogP) is 12.9. The number of carbonyl (C=O) groups excluding carboxylic acids is 1. The molecule has 0 atom stereocenters. The molecule has 0 saturated heterocycles. The first kappa shape index (κ1) is 54.9. The van der Waals surface area contributed by atoms with E-state index in [0.29, 0.717) is 6.42 Å². The molecule has 0 spiro atoms. The van der Waals surface area contributed by atoms with E-state index in [0.717, 1.165) is 12.8 Å². The van der Waals surface area contributed by atoms with E-state index in [9.17, 15) is 4.79 Å². The minimum Gasteiger partial charge on any atom is -0.463 e. The number of unbranched alkanes of at least 4 members (excludes halogenated alkanes) is 14. The van der Waals surface area contributed by atoms with Gasteiger partial charge in [-0.3, -0.25) is 4.79 Å². The Morgan fingerprint density at radius 2 is 0.732 bits per heavy atom. The topological polar surface area (TPSA) is 46.5 Å². The van der Waals surface area contributed by atoms with Crippen LogP contribution in [0.25, 0.3) is 0 Å². The van der Waals surface area contributed by atoms with Crippen molar-refractivity contribution in [3.63, 3.8) is 0 Å². The van der Waals surface area contributed by atoms with E-state index < -0.39 is 0 Å². The lowest BCUT2D eigenvalue weighted by Gasteiger charge is -2.04. The smallest absolute Gasteiger partial charge is 0.305 e. The van der Waals surface area contributed by atoms with Gasteiger partial charge >= 0.3 is 5.97 Å². The van der Waals surface area contributed by atoms with E-state index in [1.54, 1.807) is 36.5 Å². The fraction of sp³-hybridized carbons (Fsp3) is 0.658. The largest absolute Gasteiger partial charge is 0.463 e. The van der Waals surface area contributed by atoms with Crippen molar-refractivity contribution < 1.29 is 14.6 Å². The maximum atomic E-state index is 11.2. The molecule has 0 aliphatic carbocycles. The molecule has 0 bridgehead atoms. The molecule has 1 N–H and O–H groups in total. The highest BCUT2D eigenvalue weighted by molar-refractivity contribution is 5.69. The van der Waals surface area contributed by atoms with Crippen LogP contribution in [0, 0.1) is 0 Å². The summed E-state index contributed by atoms with van der Waals surface area (Å²) in [5.74, 6) is -0.172. The van der Waals surface area contributed by atoms with Gasteiger partial charge in [-0.25, -0.2) is 0 Å². The van der Waals surface area contributed by atoms with Crippen LogP contribution >= 0.6 is 0 Å². The molecule has 3 heteroatoms. The van der Waals surface area contributed by atoms with Gasteiger partial charge in [-0.1, -0.05) is 133 Å². The van der Waals surface area contributed by atoms with Gasteiger partial charge in [-0.2, -0.15) is 0 Å². The van der Waals surface area contributed by atoms with E-state index in [1.807, 2.05) is 41.5 Å². The second kappa shape index (κ2) is 76.9. The number of esters is 1. The van der Waals surface area contributed by atoms with Gasteiger partial charge in [0.15, 0.2) is 0 Å². The Balaban J connectivity index is -0.000000105. The van der Waals surface area contributed by atoms with Crippen molar-refractivity contribution >= 4 is 5.97 Å². The molecule has 0 aromatic rings. The highest BCUT2D eigenvalue weighted by Gasteiger charge is 2.01. The number of aliphatic hydroxyl groups excluding tert-OH is 1. The zero-order chi connectivity index (χ0) is 33.3. The summed E-state index contributed by atoms with van der Waals surface area (Å²) in [5.41, 5.74) is 0. The third kappa shape index (κ3) is 137. The van der Waals surface area contributed by atoms with Gasteiger partial charge in [0.25, 0.3) is 0 Å². The highest BCUT2D eigenvalue weighted by Crippen LogP contribution is 2.13. The van der Waals surface area contributed by atoms with Gasteiger partial charge in [-0.15, -0.1) is 39.5 Å². The molecule has 0 unspecified atom stereocenters. The molecule has 0 amide bonds. The van der Waals surface area contributed by atoms with E-state index in [2.05, 4.69) is 46.4 Å². The maximum Gasteiger partial charge on any atom is 0.305 e. The van der Waals surface area contributed by atoms with E-state index in [4.69, 9.17) is 9.84 Å². The van der Waals surface area contributed by atoms with Gasteiger partial charge < -0.3 is 9.84 Å². The fourth-order valence-electron chi connectivity index (χ4n) is 2.87. The van der Waals surface area contributed by atoms with Crippen LogP contribution < -0.4 is 0 Å². The van der Waals surface area contributed by atoms with Gasteiger partial charge in [-0.05, 0) is 48.0 Å². The Bertz CT molecular complexity index is 420. The third-order valence-electron chi connectivity index (χ3n) is 4.34. The van der Waals surface area contributed by atoms with Crippen LogP contribution in [0.5, 0.6) is 0 Å². The molecular formula is C38H76O3. The van der Waals surface area contributed by atoms with Crippen molar-refractivity contribution in [1.82, 2.24) is 0 Å². The lowest BCUT2D eigenvalue weighted by atomic mass is 10.0. The van der Waals surface area contributed by atoms with E-state index >= 15 is 0 Å². The quantitative estimate of drug-likeness (QED) is 0.0996. The Morgan fingerprint density at radius 3 is 0.951 bits per heavy atom. The van der Waals surface area contributed by atoms with Crippen molar-refractivity contribution in [3.8, 4) is 0 Å². The van der Waals surface area contributed by atoms with Gasteiger partial charge in [0, 0.05) is 6.42 Å². The minimum absolute atomic E-state index is 0.0788. The van der Waals surface area contributed by atoms with Crippen LogP contribution in [0.2, 0.25) is 0 Å². The summed E-state index contributed by atoms with van der Waals surface area (Å²) < 4.78 is 4.82. The van der Waals surface area contributed by atoms with Crippen LogP contribution in [-0.4, -0.2) is 24.3 Å². The lowest BCUT2D eigenvalue weighted by Crippen LogP contribution is -2.07. The molecular weight excluding hydrogens is 504 g/mol. The molecule has 0 rings (SSSR count). The Labute approximate surface area is 260 Å². The standard InChI is InChI=1S/C20H40O3.6C3H6/c1-2-3-4-5-6-7-8-9-10-11-12-13-14-15-16-17-20(22)23-19-18-21;6*1-3-2/h21H,2-19H2,1H3;6*3H,1H2,2H3. The lowest BCUT2D eigenvalue weighted by molar-refractivity contribution is -0.144. The number of allylic oxidation sites excluding steroid dienone is 6. The summed E-state index contributed by atoms with van der Waals surface area (Å²) in [6.45, 7) is 33.8. The van der Waals surface area contributed by atoms with Crippen LogP contribution in [0.3, 0.4) is 0 Å². The van der Waals surface area contributed by atoms with Crippen molar-refractivity contribution in [2.75, 3.05) is 13.2 Å². The van der Waals surface area contributed by atoms with Gasteiger partial charge in [0.1, 0.15) is 6.61 Å². The average molecular weight is 581 g/mol. The van der Waals surface area contributed by atoms with E-state index in [1.165, 1.54) is 83.5 Å². The van der Waals surface area contributed by atoms with Gasteiger partial charge in [0.05, 0.1) is 6.61 Å². The number of ether oxygens (including phenoxy) is 1. The second-order valence-corrected chi connectivity index (χ2v) is 9.09. The molecule has 0 heterocycles. The number of aliphatic hydroxyl groups is 1. The van der Waals surface area contributed by atoms with Crippen molar-refractivity contribution in [2.24, 2.45) is 0 Å². The summed E-state index contributed by atoms with van der Waals surface area (Å²) >= 11 is 0. The monoisotopic (exact) mass is 581 g/mol. The molecule has 0 aliphatic rings. The number of hydrogen-bond acceptors (Lipinski definition) is 3. The summed E-state index contributed by atoms with van der Waals surface area (Å²) in [4.78, 5) is 11.2. The van der Waals surface area contributed by atoms with Crippen LogP contribution in [-0.2, 0) is 9.53 Å². The predicted molar refractivity (Wildman–Crippen MR) is 193 cm³/mol. The number of hydrogen-bond donors (Lipinski definition) is 1. The third-order valence-corrected chi connectivity index (χ3v) is 4.34. The summed E-state index contributed by atoms with van der Waals surface area (Å²) in [6.07, 6.45) is 30.9. The van der Waals surface area contributed by atoms with Crippen LogP contribution in [0.15, 0.2) is 75.9 Å². The Kier molecular flexibility index (Phi) is 103. The minimum atomic E-state index is -0.172. The first-order chi connectivity index (χ1) is 19.8. The number of carbonyl (C=O) groups is 1. The van der Waals surface area contributed by atoms with Gasteiger partial charge in [0.2, 0.25) is 0 Å². The fourth-order valence-corrected chi connectivity index (χ4v) is 2.87. The van der Waals surface area contributed by atoms with E-state index in [-0.39, 0.29) is 19.2 Å². The molecule has 0 radical (unpaired) electrons. The second-order valence-electron chi connectivity index (χ2n) is 9.09. The zero-order valence-electron chi connectivity index (χ0n) is 29.2. The zero-order valence-corrected chi connectivity index (χ0v) is 29.2. The molecule has 0 aliphatic heterocycles. The summed E-state index contributed by atoms with van der Waals surface area (Å²) in [5, 5.41) is 8.54. The SMILES string of the molecule is C=CC.C=CC.C=CC.C=CC.C=CC.C=CC.CCCCCCCCCCCCCCCCCC(=O)OCCO. The van der Waals surface area contributed by atoms with Crippen LogP contribution in [0.1, 0.15) is 151 Å². The van der Waals surface area contributed by atoms with Crippen molar-refractivity contribution in [3.05, 3.63) is 75.9 Å². The van der Waals surface area contributed by atoms with Crippen molar-refractivity contribution in [2.45, 2.75) is 151 Å². The summed E-state index contributed by atoms with van der Waals surface area (Å²) in [7, 11) is 0. The summed E-state index contributed by atoms with van der Waals surface area (Å²) in [6, 6.07) is 0. The molecule has 0 saturated carbocycles. The molecule has 41 heavy (non-hydrogen) atoms. The number of rotatable bonds is 18. The normalized spacial score (nSPS) is 8.00. The highest BCUT2D eigenvalue weighted by atomic mass is 16.5. The van der Waals surface area contributed by atoms with Crippen molar-refractivity contribution in [1.29, 1.82) is 0 Å². The molecule has 246 valence electrons. The first-order valence-electron chi connectivity index (χ1n) is 16.0. The Hall–Kier alpha value is -2.13. The molecule has 3 nitrogen and oxygen atoms in total. The maximum absolute atomic E-state index is 11.2. The van der Waals surface area contributed by atoms with Crippen LogP contribution in [0.4, 0.5) is 0 Å². The molecule has 0 aromatic heterocycles.